The fourth-order valence-electron chi connectivity index (χ4n) is 5.03. The van der Waals surface area contributed by atoms with Gasteiger partial charge in [-0.15, -0.1) is 0 Å². The summed E-state index contributed by atoms with van der Waals surface area (Å²) in [5.74, 6) is 0. The number of hydrogen-bond acceptors (Lipinski definition) is 0. The van der Waals surface area contributed by atoms with Gasteiger partial charge in [-0.05, 0) is 104 Å². The van der Waals surface area contributed by atoms with Crippen LogP contribution in [0.2, 0.25) is 0 Å². The van der Waals surface area contributed by atoms with E-state index < -0.39 is 0 Å². The molecular weight excluding hydrogens is 408 g/mol. The lowest BCUT2D eigenvalue weighted by atomic mass is 9.92. The fraction of sp³-hybridized carbons (Fsp3) is 0.294. The topological polar surface area (TPSA) is 0 Å². The van der Waals surface area contributed by atoms with Crippen LogP contribution in [0.3, 0.4) is 0 Å². The summed E-state index contributed by atoms with van der Waals surface area (Å²) < 4.78 is 0. The van der Waals surface area contributed by atoms with Crippen LogP contribution in [0.25, 0.3) is 22.3 Å². The van der Waals surface area contributed by atoms with Crippen molar-refractivity contribution in [1.29, 1.82) is 0 Å². The molecule has 0 heterocycles. The van der Waals surface area contributed by atoms with Gasteiger partial charge >= 0.3 is 0 Å². The maximum absolute atomic E-state index is 2.40. The minimum atomic E-state index is 1.16. The largest absolute Gasteiger partial charge is 0.0617 e. The number of aryl methyl sites for hydroxylation is 6. The Kier molecular flexibility index (Phi) is 8.01. The van der Waals surface area contributed by atoms with Crippen molar-refractivity contribution in [1.82, 2.24) is 0 Å². The van der Waals surface area contributed by atoms with E-state index in [1.54, 1.807) is 0 Å². The van der Waals surface area contributed by atoms with E-state index in [4.69, 9.17) is 0 Å². The second-order valence-corrected chi connectivity index (χ2v) is 10.0. The van der Waals surface area contributed by atoms with Crippen LogP contribution in [0.4, 0.5) is 0 Å². The van der Waals surface area contributed by atoms with E-state index in [0.29, 0.717) is 0 Å². The maximum atomic E-state index is 2.40. The van der Waals surface area contributed by atoms with E-state index in [2.05, 4.69) is 113 Å². The number of hydrogen-bond donors (Lipinski definition) is 0. The second kappa shape index (κ2) is 11.3. The molecule has 0 heteroatoms. The Hall–Kier alpha value is -3.12. The normalized spacial score (nSPS) is 11.1. The Morgan fingerprint density at radius 3 is 1.79 bits per heavy atom. The molecule has 4 aromatic rings. The first kappa shape index (κ1) is 24.0. The van der Waals surface area contributed by atoms with Crippen LogP contribution < -0.4 is 0 Å². The molecule has 4 aromatic carbocycles. The summed E-state index contributed by atoms with van der Waals surface area (Å²) in [4.78, 5) is 0. The molecule has 0 aliphatic heterocycles. The molecule has 0 N–H and O–H groups in total. The quantitative estimate of drug-likeness (QED) is 0.224. The average molecular weight is 447 g/mol. The van der Waals surface area contributed by atoms with E-state index >= 15 is 0 Å². The van der Waals surface area contributed by atoms with Crippen molar-refractivity contribution >= 4 is 0 Å². The molecule has 0 aliphatic rings. The predicted octanol–water partition coefficient (Wildman–Crippen LogP) is 9.60. The molecular formula is C34H38. The highest BCUT2D eigenvalue weighted by Gasteiger charge is 2.07. The van der Waals surface area contributed by atoms with Gasteiger partial charge in [-0.25, -0.2) is 0 Å². The van der Waals surface area contributed by atoms with Crippen molar-refractivity contribution in [2.75, 3.05) is 0 Å². The average Bonchev–Trinajstić information content (AvgIpc) is 2.81. The van der Waals surface area contributed by atoms with Crippen molar-refractivity contribution in [3.8, 4) is 22.3 Å². The molecule has 0 saturated carbocycles. The molecule has 0 aromatic heterocycles. The first-order valence-electron chi connectivity index (χ1n) is 12.8. The van der Waals surface area contributed by atoms with Crippen LogP contribution in [0.15, 0.2) is 84.9 Å². The van der Waals surface area contributed by atoms with E-state index in [1.807, 2.05) is 0 Å². The molecule has 0 atom stereocenters. The standard InChI is InChI=1S/C34H38/c1-25-11-9-14-29(20-25)12-7-5-6-8-13-30-15-10-16-31(23-30)32-21-27(3)22-33(24-32)34-18-17-26(2)19-28(34)4/h9-11,14-24H,5-8,12-13H2,1-4H3. The third-order valence-corrected chi connectivity index (χ3v) is 6.79. The summed E-state index contributed by atoms with van der Waals surface area (Å²) in [6, 6.07) is 31.8. The Labute approximate surface area is 206 Å². The SMILES string of the molecule is Cc1cccc(CCCCCCc2cccc(-c3cc(C)cc(-c4ccc(C)cc4C)c3)c2)c1. The molecule has 0 spiro atoms. The monoisotopic (exact) mass is 446 g/mol. The van der Waals surface area contributed by atoms with Gasteiger partial charge in [-0.3, -0.25) is 0 Å². The smallest absolute Gasteiger partial charge is 0.0154 e. The summed E-state index contributed by atoms with van der Waals surface area (Å²) in [6.07, 6.45) is 7.52. The molecule has 174 valence electrons. The van der Waals surface area contributed by atoms with Crippen LogP contribution >= 0.6 is 0 Å². The molecule has 0 unspecified atom stereocenters. The Morgan fingerprint density at radius 1 is 0.441 bits per heavy atom. The lowest BCUT2D eigenvalue weighted by Gasteiger charge is -2.12. The van der Waals surface area contributed by atoms with Gasteiger partial charge < -0.3 is 0 Å². The van der Waals surface area contributed by atoms with E-state index in [-0.39, 0.29) is 0 Å². The van der Waals surface area contributed by atoms with Gasteiger partial charge in [0, 0.05) is 0 Å². The lowest BCUT2D eigenvalue weighted by Crippen LogP contribution is -1.91. The highest BCUT2D eigenvalue weighted by molar-refractivity contribution is 5.76. The zero-order valence-electron chi connectivity index (χ0n) is 21.3. The number of benzene rings is 4. The van der Waals surface area contributed by atoms with Crippen molar-refractivity contribution in [2.45, 2.75) is 66.2 Å². The third kappa shape index (κ3) is 6.48. The van der Waals surface area contributed by atoms with Gasteiger partial charge in [0.05, 0.1) is 0 Å². The molecule has 34 heavy (non-hydrogen) atoms. The fourth-order valence-corrected chi connectivity index (χ4v) is 5.03. The van der Waals surface area contributed by atoms with Gasteiger partial charge in [0.1, 0.15) is 0 Å². The summed E-state index contributed by atoms with van der Waals surface area (Å²) in [7, 11) is 0. The number of unbranched alkanes of at least 4 members (excludes halogenated alkanes) is 3. The molecule has 0 nitrogen and oxygen atoms in total. The van der Waals surface area contributed by atoms with Crippen LogP contribution in [0.1, 0.15) is 59.1 Å². The van der Waals surface area contributed by atoms with Crippen molar-refractivity contribution in [2.24, 2.45) is 0 Å². The molecule has 4 rings (SSSR count). The van der Waals surface area contributed by atoms with E-state index in [0.717, 1.165) is 6.42 Å². The van der Waals surface area contributed by atoms with Gasteiger partial charge in [0.2, 0.25) is 0 Å². The van der Waals surface area contributed by atoms with Crippen LogP contribution in [0.5, 0.6) is 0 Å². The third-order valence-electron chi connectivity index (χ3n) is 6.79. The summed E-state index contributed by atoms with van der Waals surface area (Å²) in [5.41, 5.74) is 13.5. The summed E-state index contributed by atoms with van der Waals surface area (Å²) in [6.45, 7) is 8.76. The highest BCUT2D eigenvalue weighted by Crippen LogP contribution is 2.31. The first-order chi connectivity index (χ1) is 16.5. The second-order valence-electron chi connectivity index (χ2n) is 10.0. The van der Waals surface area contributed by atoms with Gasteiger partial charge in [0.15, 0.2) is 0 Å². The summed E-state index contributed by atoms with van der Waals surface area (Å²) in [5, 5.41) is 0. The molecule has 0 bridgehead atoms. The minimum Gasteiger partial charge on any atom is -0.0617 e. The van der Waals surface area contributed by atoms with Gasteiger partial charge in [-0.1, -0.05) is 103 Å². The molecule has 0 fully saturated rings. The molecule has 0 saturated heterocycles. The van der Waals surface area contributed by atoms with Crippen molar-refractivity contribution in [3.05, 3.63) is 118 Å². The zero-order chi connectivity index (χ0) is 23.9. The van der Waals surface area contributed by atoms with Crippen LogP contribution in [-0.4, -0.2) is 0 Å². The number of rotatable bonds is 9. The highest BCUT2D eigenvalue weighted by atomic mass is 14.1. The van der Waals surface area contributed by atoms with E-state index in [9.17, 15) is 0 Å². The Morgan fingerprint density at radius 2 is 1.09 bits per heavy atom. The van der Waals surface area contributed by atoms with Gasteiger partial charge in [0.25, 0.3) is 0 Å². The Bertz CT molecular complexity index is 1240. The molecule has 0 radical (unpaired) electrons. The van der Waals surface area contributed by atoms with Crippen LogP contribution in [-0.2, 0) is 12.8 Å². The lowest BCUT2D eigenvalue weighted by molar-refractivity contribution is 0.640. The first-order valence-corrected chi connectivity index (χ1v) is 12.8. The molecule has 0 aliphatic carbocycles. The van der Waals surface area contributed by atoms with Gasteiger partial charge in [-0.2, -0.15) is 0 Å². The van der Waals surface area contributed by atoms with Crippen LogP contribution in [0, 0.1) is 27.7 Å². The summed E-state index contributed by atoms with van der Waals surface area (Å²) >= 11 is 0. The zero-order valence-corrected chi connectivity index (χ0v) is 21.3. The maximum Gasteiger partial charge on any atom is -0.0154 e. The van der Waals surface area contributed by atoms with E-state index in [1.165, 1.54) is 87.7 Å². The van der Waals surface area contributed by atoms with Crippen molar-refractivity contribution in [3.63, 3.8) is 0 Å². The predicted molar refractivity (Wildman–Crippen MR) is 149 cm³/mol. The minimum absolute atomic E-state index is 1.16. The Balaban J connectivity index is 1.37. The van der Waals surface area contributed by atoms with Crippen molar-refractivity contribution < 1.29 is 0 Å². The molecule has 0 amide bonds.